The summed E-state index contributed by atoms with van der Waals surface area (Å²) in [5, 5.41) is 0. The molecule has 0 unspecified atom stereocenters. The second-order valence-electron chi connectivity index (χ2n) is 11.9. The second kappa shape index (κ2) is 12.6. The minimum atomic E-state index is -4.45. The molecule has 2 aliphatic heterocycles. The maximum atomic E-state index is 14.2. The van der Waals surface area contributed by atoms with Gasteiger partial charge in [0.1, 0.15) is 11.5 Å². The predicted molar refractivity (Wildman–Crippen MR) is 157 cm³/mol. The zero-order valence-corrected chi connectivity index (χ0v) is 24.4. The molecule has 2 atom stereocenters. The summed E-state index contributed by atoms with van der Waals surface area (Å²) in [7, 11) is 1.39. The van der Waals surface area contributed by atoms with E-state index in [-0.39, 0.29) is 24.2 Å². The van der Waals surface area contributed by atoms with Gasteiger partial charge in [0.15, 0.2) is 0 Å². The maximum Gasteiger partial charge on any atom is 0.417 e. The molecule has 8 heteroatoms. The lowest BCUT2D eigenvalue weighted by Crippen LogP contribution is -2.21. The number of hydrogen-bond acceptors (Lipinski definition) is 5. The number of alkyl halides is 3. The van der Waals surface area contributed by atoms with E-state index < -0.39 is 11.7 Å². The van der Waals surface area contributed by atoms with Crippen molar-refractivity contribution in [1.29, 1.82) is 0 Å². The third kappa shape index (κ3) is 6.54. The molecule has 1 aliphatic carbocycles. The summed E-state index contributed by atoms with van der Waals surface area (Å²) in [6.45, 7) is 2.53. The van der Waals surface area contributed by atoms with Crippen LogP contribution in [-0.2, 0) is 33.3 Å². The minimum Gasteiger partial charge on any atom is -0.493 e. The molecule has 3 aromatic carbocycles. The van der Waals surface area contributed by atoms with Crippen molar-refractivity contribution < 1.29 is 36.9 Å². The molecule has 5 nitrogen and oxygen atoms in total. The number of carbonyl (C=O) groups excluding carboxylic acids is 1. The predicted octanol–water partition coefficient (Wildman–Crippen LogP) is 7.88. The third-order valence-electron chi connectivity index (χ3n) is 9.19. The number of carbonyl (C=O) groups is 1. The van der Waals surface area contributed by atoms with Crippen LogP contribution in [0.3, 0.4) is 0 Å². The van der Waals surface area contributed by atoms with Gasteiger partial charge in [0.25, 0.3) is 0 Å². The zero-order chi connectivity index (χ0) is 30.0. The van der Waals surface area contributed by atoms with Gasteiger partial charge >= 0.3 is 12.1 Å². The number of ether oxygens (including phenoxy) is 4. The van der Waals surface area contributed by atoms with Gasteiger partial charge in [0, 0.05) is 24.7 Å². The SMILES string of the molecule is COC(=O)C[C@@H]1COc2cc(CC[C@@H]3CCc4c3ccc(C(F)(F)F)c4-c3ccc(OCC4CCOCC4)cc3)ccc21. The van der Waals surface area contributed by atoms with E-state index in [0.29, 0.717) is 42.4 Å². The molecule has 3 aliphatic rings. The Morgan fingerprint density at radius 3 is 2.47 bits per heavy atom. The third-order valence-corrected chi connectivity index (χ3v) is 9.19. The lowest BCUT2D eigenvalue weighted by molar-refractivity contribution is -0.141. The molecule has 0 saturated carbocycles. The Labute approximate surface area is 250 Å². The van der Waals surface area contributed by atoms with Gasteiger partial charge in [-0.05, 0) is 102 Å². The van der Waals surface area contributed by atoms with Crippen LogP contribution in [-0.4, -0.2) is 39.5 Å². The first-order chi connectivity index (χ1) is 20.8. The standard InChI is InChI=1S/C35H37F3O5/c1-40-33(39)19-26-21-43-32-18-22(3-10-29(26)32)2-4-24-7-11-30-28(24)12-13-31(35(36,37)38)34(30)25-5-8-27(9-6-25)42-20-23-14-16-41-17-15-23/h3,5-6,8-10,12-13,18,23-24,26H,2,4,7,11,14-17,19-21H2,1H3/t24-,26-/m1/s1. The van der Waals surface area contributed by atoms with Crippen LogP contribution in [0.5, 0.6) is 11.5 Å². The molecule has 2 heterocycles. The molecule has 6 rings (SSSR count). The van der Waals surface area contributed by atoms with Gasteiger partial charge in [-0.1, -0.05) is 30.3 Å². The molecule has 0 bridgehead atoms. The minimum absolute atomic E-state index is 0.00733. The van der Waals surface area contributed by atoms with Crippen LogP contribution >= 0.6 is 0 Å². The van der Waals surface area contributed by atoms with Crippen molar-refractivity contribution >= 4 is 5.97 Å². The largest absolute Gasteiger partial charge is 0.493 e. The highest BCUT2D eigenvalue weighted by Crippen LogP contribution is 2.47. The Bertz CT molecular complexity index is 1440. The quantitative estimate of drug-likeness (QED) is 0.236. The highest BCUT2D eigenvalue weighted by atomic mass is 19.4. The summed E-state index contributed by atoms with van der Waals surface area (Å²) in [5.74, 6) is 1.83. The van der Waals surface area contributed by atoms with Crippen molar-refractivity contribution in [2.45, 2.75) is 63.0 Å². The Kier molecular flexibility index (Phi) is 8.66. The fraction of sp³-hybridized carbons (Fsp3) is 0.457. The molecule has 1 saturated heterocycles. The van der Waals surface area contributed by atoms with Crippen molar-refractivity contribution in [2.24, 2.45) is 5.92 Å². The van der Waals surface area contributed by atoms with Crippen LogP contribution in [0.4, 0.5) is 13.2 Å². The number of hydrogen-bond donors (Lipinski definition) is 0. The molecule has 0 aromatic heterocycles. The lowest BCUT2D eigenvalue weighted by Gasteiger charge is -2.22. The smallest absolute Gasteiger partial charge is 0.417 e. The van der Waals surface area contributed by atoms with E-state index in [1.807, 2.05) is 12.1 Å². The maximum absolute atomic E-state index is 14.2. The molecule has 0 amide bonds. The summed E-state index contributed by atoms with van der Waals surface area (Å²) in [6.07, 6.45) is 0.818. The number of halogens is 3. The Morgan fingerprint density at radius 2 is 1.72 bits per heavy atom. The van der Waals surface area contributed by atoms with E-state index in [2.05, 4.69) is 6.07 Å². The molecular formula is C35H37F3O5. The van der Waals surface area contributed by atoms with E-state index in [1.54, 1.807) is 30.3 Å². The molecular weight excluding hydrogens is 557 g/mol. The molecule has 0 spiro atoms. The van der Waals surface area contributed by atoms with Gasteiger partial charge in [-0.3, -0.25) is 4.79 Å². The van der Waals surface area contributed by atoms with Crippen LogP contribution in [0.15, 0.2) is 54.6 Å². The average Bonchev–Trinajstić information content (AvgIpc) is 3.62. The average molecular weight is 595 g/mol. The van der Waals surface area contributed by atoms with Crippen LogP contribution in [0, 0.1) is 5.92 Å². The Morgan fingerprint density at radius 1 is 0.953 bits per heavy atom. The van der Waals surface area contributed by atoms with Crippen LogP contribution in [0.2, 0.25) is 0 Å². The van der Waals surface area contributed by atoms with Gasteiger partial charge in [-0.15, -0.1) is 0 Å². The number of benzene rings is 3. The summed E-state index contributed by atoms with van der Waals surface area (Å²) in [5.41, 5.74) is 4.24. The summed E-state index contributed by atoms with van der Waals surface area (Å²) >= 11 is 0. The Balaban J connectivity index is 1.17. The molecule has 1 fully saturated rings. The van der Waals surface area contributed by atoms with Crippen LogP contribution < -0.4 is 9.47 Å². The van der Waals surface area contributed by atoms with Gasteiger partial charge in [-0.2, -0.15) is 13.2 Å². The van der Waals surface area contributed by atoms with E-state index in [4.69, 9.17) is 18.9 Å². The lowest BCUT2D eigenvalue weighted by atomic mass is 9.88. The summed E-state index contributed by atoms with van der Waals surface area (Å²) < 4.78 is 64.7. The molecule has 0 N–H and O–H groups in total. The van der Waals surface area contributed by atoms with E-state index in [1.165, 1.54) is 13.2 Å². The number of fused-ring (bicyclic) bond motifs is 2. The van der Waals surface area contributed by atoms with Crippen molar-refractivity contribution in [1.82, 2.24) is 0 Å². The number of rotatable bonds is 9. The van der Waals surface area contributed by atoms with Crippen molar-refractivity contribution in [3.8, 4) is 22.6 Å². The van der Waals surface area contributed by atoms with Gasteiger partial charge in [0.2, 0.25) is 0 Å². The molecule has 3 aromatic rings. The first-order valence-corrected chi connectivity index (χ1v) is 15.2. The molecule has 43 heavy (non-hydrogen) atoms. The Hall–Kier alpha value is -3.52. The fourth-order valence-corrected chi connectivity index (χ4v) is 6.77. The molecule has 0 radical (unpaired) electrons. The van der Waals surface area contributed by atoms with Crippen molar-refractivity contribution in [2.75, 3.05) is 33.5 Å². The fourth-order valence-electron chi connectivity index (χ4n) is 6.77. The topological polar surface area (TPSA) is 54.0 Å². The van der Waals surface area contributed by atoms with E-state index in [9.17, 15) is 18.0 Å². The van der Waals surface area contributed by atoms with Crippen molar-refractivity contribution in [3.63, 3.8) is 0 Å². The van der Waals surface area contributed by atoms with E-state index in [0.717, 1.165) is 73.3 Å². The van der Waals surface area contributed by atoms with Gasteiger partial charge < -0.3 is 18.9 Å². The summed E-state index contributed by atoms with van der Waals surface area (Å²) in [4.78, 5) is 11.7. The van der Waals surface area contributed by atoms with Crippen molar-refractivity contribution in [3.05, 3.63) is 82.4 Å². The monoisotopic (exact) mass is 594 g/mol. The number of aryl methyl sites for hydroxylation is 1. The normalized spacial score (nSPS) is 19.9. The highest BCUT2D eigenvalue weighted by molar-refractivity contribution is 5.75. The molecule has 228 valence electrons. The van der Waals surface area contributed by atoms with Gasteiger partial charge in [0.05, 0.1) is 32.3 Å². The summed E-state index contributed by atoms with van der Waals surface area (Å²) in [6, 6.07) is 16.2. The highest BCUT2D eigenvalue weighted by Gasteiger charge is 2.37. The van der Waals surface area contributed by atoms with Gasteiger partial charge in [-0.25, -0.2) is 0 Å². The number of methoxy groups -OCH3 is 1. The first kappa shape index (κ1) is 29.5. The zero-order valence-electron chi connectivity index (χ0n) is 24.4. The van der Waals surface area contributed by atoms with Crippen LogP contribution in [0.25, 0.3) is 11.1 Å². The first-order valence-electron chi connectivity index (χ1n) is 15.2. The van der Waals surface area contributed by atoms with Crippen LogP contribution in [0.1, 0.15) is 71.8 Å². The number of esters is 1. The second-order valence-corrected chi connectivity index (χ2v) is 11.9. The van der Waals surface area contributed by atoms with E-state index >= 15 is 0 Å².